The van der Waals surface area contributed by atoms with Crippen molar-refractivity contribution in [3.8, 4) is 22.6 Å². The van der Waals surface area contributed by atoms with Gasteiger partial charge in [-0.05, 0) is 84.0 Å². The molecule has 1 heterocycles. The molecule has 10 heteroatoms. The van der Waals surface area contributed by atoms with E-state index in [0.717, 1.165) is 50.3 Å². The Labute approximate surface area is 254 Å². The predicted molar refractivity (Wildman–Crippen MR) is 147 cm³/mol. The zero-order valence-corrected chi connectivity index (χ0v) is 25.4. The summed E-state index contributed by atoms with van der Waals surface area (Å²) >= 11 is 0. The first-order valence-electron chi connectivity index (χ1n) is 12.9. The molecule has 4 rings (SSSR count). The second-order valence-electron chi connectivity index (χ2n) is 9.26. The van der Waals surface area contributed by atoms with Crippen LogP contribution >= 0.6 is 0 Å². The molecule has 40 heavy (non-hydrogen) atoms. The van der Waals surface area contributed by atoms with Crippen LogP contribution in [0.5, 0.6) is 11.5 Å². The second-order valence-corrected chi connectivity index (χ2v) is 9.26. The predicted octanol–water partition coefficient (Wildman–Crippen LogP) is 0.969. The molecule has 0 aliphatic heterocycles. The van der Waals surface area contributed by atoms with Crippen molar-refractivity contribution in [2.75, 3.05) is 13.2 Å². The van der Waals surface area contributed by atoms with Gasteiger partial charge < -0.3 is 24.3 Å². The van der Waals surface area contributed by atoms with Crippen LogP contribution in [0, 0.1) is 13.8 Å². The number of nitrogens with one attached hydrogen (secondary N) is 1. The summed E-state index contributed by atoms with van der Waals surface area (Å²) in [6.07, 6.45) is 1.24. The monoisotopic (exact) mass is 553 g/mol. The summed E-state index contributed by atoms with van der Waals surface area (Å²) in [6.45, 7) is 7.64. The maximum Gasteiger partial charge on any atom is 1.00 e. The molecule has 0 saturated heterocycles. The van der Waals surface area contributed by atoms with Gasteiger partial charge in [-0.1, -0.05) is 37.3 Å². The fourth-order valence-electron chi connectivity index (χ4n) is 4.31. The number of carbonyl (C=O) groups is 1. The Balaban J connectivity index is 0.00000441. The molecule has 204 valence electrons. The topological polar surface area (TPSA) is 114 Å². The van der Waals surface area contributed by atoms with Crippen molar-refractivity contribution in [3.63, 3.8) is 0 Å². The standard InChI is InChI=1S/C30H33N3O6.Na/c1-4-27(34)31-13-6-14-37-26-15-20(2)28(21(3)16-26)24-8-5-7-23(17-24)19-38-25-11-9-22(10-12-25)18-33-29(35)32-30(36)39-33;/h5,7-12,15-17H,4,6,13-14,18-19H2,1-3H3,(H2,31,32,34,35,36);/q;+1/p-1. The Morgan fingerprint density at radius 1 is 0.950 bits per heavy atom. The third-order valence-electron chi connectivity index (χ3n) is 6.20. The quantitative estimate of drug-likeness (QED) is 0.205. The molecule has 0 aliphatic carbocycles. The smallest absolute Gasteiger partial charge is 0.494 e. The van der Waals surface area contributed by atoms with E-state index in [1.807, 2.05) is 55.5 Å². The Hall–Kier alpha value is -3.53. The largest absolute Gasteiger partial charge is 1.00 e. The molecule has 0 unspecified atom stereocenters. The molecule has 0 radical (unpaired) electrons. The van der Waals surface area contributed by atoms with E-state index in [9.17, 15) is 14.4 Å². The van der Waals surface area contributed by atoms with Crippen molar-refractivity contribution in [1.29, 1.82) is 0 Å². The average molecular weight is 554 g/mol. The minimum absolute atomic E-state index is 0. The third kappa shape index (κ3) is 8.48. The van der Waals surface area contributed by atoms with E-state index in [1.165, 1.54) is 0 Å². The van der Waals surface area contributed by atoms with Gasteiger partial charge in [0.1, 0.15) is 18.1 Å². The van der Waals surface area contributed by atoms with Crippen LogP contribution in [0.25, 0.3) is 11.1 Å². The van der Waals surface area contributed by atoms with Gasteiger partial charge in [0.05, 0.1) is 6.61 Å². The van der Waals surface area contributed by atoms with Crippen LogP contribution in [-0.2, 0) is 17.9 Å². The molecule has 1 amide bonds. The van der Waals surface area contributed by atoms with Crippen molar-refractivity contribution in [1.82, 2.24) is 15.0 Å². The number of amides is 1. The van der Waals surface area contributed by atoms with Crippen molar-refractivity contribution in [2.24, 2.45) is 0 Å². The van der Waals surface area contributed by atoms with E-state index in [-0.39, 0.29) is 42.0 Å². The molecule has 0 saturated carbocycles. The zero-order chi connectivity index (χ0) is 27.8. The van der Waals surface area contributed by atoms with Crippen LogP contribution in [0.1, 0.15) is 42.0 Å². The average Bonchev–Trinajstić information content (AvgIpc) is 3.23. The van der Waals surface area contributed by atoms with Crippen LogP contribution in [0.3, 0.4) is 0 Å². The van der Waals surface area contributed by atoms with Crippen LogP contribution in [0.15, 0.2) is 74.8 Å². The van der Waals surface area contributed by atoms with Gasteiger partial charge in [-0.15, -0.1) is 0 Å². The fraction of sp³-hybridized carbons (Fsp3) is 0.300. The molecule has 1 N–H and O–H groups in total. The van der Waals surface area contributed by atoms with Crippen LogP contribution in [0.2, 0.25) is 0 Å². The van der Waals surface area contributed by atoms with Crippen molar-refractivity contribution < 1.29 is 48.3 Å². The molecular weight excluding hydrogens is 521 g/mol. The SMILES string of the molecule is CCC(=O)NCCCOc1cc(C)c(-c2cccc(COc3ccc(Cn4oc(=O)[n-]c4=O)cc3)c2)c(C)c1.[Na+]. The van der Waals surface area contributed by atoms with Crippen molar-refractivity contribution in [3.05, 3.63) is 104 Å². The third-order valence-corrected chi connectivity index (χ3v) is 6.20. The Morgan fingerprint density at radius 2 is 1.68 bits per heavy atom. The van der Waals surface area contributed by atoms with E-state index in [4.69, 9.17) is 14.0 Å². The molecule has 4 aromatic rings. The first kappa shape index (κ1) is 31.0. The van der Waals surface area contributed by atoms with E-state index >= 15 is 0 Å². The molecule has 0 aliphatic rings. The summed E-state index contributed by atoms with van der Waals surface area (Å²) < 4.78 is 17.6. The molecule has 0 bridgehead atoms. The summed E-state index contributed by atoms with van der Waals surface area (Å²) in [5.41, 5.74) is 5.60. The summed E-state index contributed by atoms with van der Waals surface area (Å²) in [4.78, 5) is 37.2. The van der Waals surface area contributed by atoms with E-state index in [2.05, 4.69) is 36.3 Å². The Kier molecular flexibility index (Phi) is 11.4. The van der Waals surface area contributed by atoms with Gasteiger partial charge in [-0.3, -0.25) is 14.3 Å². The number of hydrogen-bond acceptors (Lipinski definition) is 6. The normalized spacial score (nSPS) is 10.6. The number of rotatable bonds is 12. The summed E-state index contributed by atoms with van der Waals surface area (Å²) in [7, 11) is 0. The number of hydrogen-bond donors (Lipinski definition) is 1. The fourth-order valence-corrected chi connectivity index (χ4v) is 4.31. The number of aromatic nitrogens is 2. The van der Waals surface area contributed by atoms with E-state index < -0.39 is 11.4 Å². The molecule has 9 nitrogen and oxygen atoms in total. The van der Waals surface area contributed by atoms with E-state index in [1.54, 1.807) is 0 Å². The Bertz CT molecular complexity index is 1520. The van der Waals surface area contributed by atoms with Gasteiger partial charge in [0, 0.05) is 19.5 Å². The maximum absolute atomic E-state index is 11.6. The molecule has 0 fully saturated rings. The van der Waals surface area contributed by atoms with Gasteiger partial charge in [0.2, 0.25) is 5.91 Å². The zero-order valence-electron chi connectivity index (χ0n) is 23.4. The van der Waals surface area contributed by atoms with Gasteiger partial charge in [-0.2, -0.15) is 0 Å². The van der Waals surface area contributed by atoms with Crippen LogP contribution in [-0.4, -0.2) is 23.8 Å². The Morgan fingerprint density at radius 3 is 2.33 bits per heavy atom. The summed E-state index contributed by atoms with van der Waals surface area (Å²) in [5, 5.41) is 2.86. The minimum atomic E-state index is -0.901. The van der Waals surface area contributed by atoms with Gasteiger partial charge >= 0.3 is 35.3 Å². The van der Waals surface area contributed by atoms with Crippen molar-refractivity contribution in [2.45, 2.75) is 46.8 Å². The van der Waals surface area contributed by atoms with Crippen LogP contribution < -0.4 is 60.8 Å². The molecule has 0 atom stereocenters. The van der Waals surface area contributed by atoms with E-state index in [0.29, 0.717) is 31.9 Å². The number of aryl methyl sites for hydroxylation is 2. The van der Waals surface area contributed by atoms with Gasteiger partial charge in [0.15, 0.2) is 5.69 Å². The summed E-state index contributed by atoms with van der Waals surface area (Å²) in [6, 6.07) is 19.6. The number of benzene rings is 3. The molecule has 0 spiro atoms. The number of ether oxygens (including phenoxy) is 2. The molecular formula is C30H32N3NaO6. The first-order valence-corrected chi connectivity index (χ1v) is 12.9. The number of nitrogens with zero attached hydrogens (tertiary/aromatic N) is 2. The maximum atomic E-state index is 11.6. The first-order chi connectivity index (χ1) is 18.8. The van der Waals surface area contributed by atoms with Gasteiger partial charge in [-0.25, -0.2) is 4.79 Å². The minimum Gasteiger partial charge on any atom is -0.494 e. The van der Waals surface area contributed by atoms with Gasteiger partial charge in [0.25, 0.3) is 0 Å². The second kappa shape index (κ2) is 14.7. The van der Waals surface area contributed by atoms with Crippen LogP contribution in [0.4, 0.5) is 0 Å². The van der Waals surface area contributed by atoms with Crippen molar-refractivity contribution >= 4 is 5.91 Å². The summed E-state index contributed by atoms with van der Waals surface area (Å²) in [5.74, 6) is 0.652. The molecule has 3 aromatic carbocycles. The number of carbonyl (C=O) groups excluding carboxylic acids is 1. The molecule has 1 aromatic heterocycles.